The highest BCUT2D eigenvalue weighted by Gasteiger charge is 2.03. The number of aromatic hydroxyl groups is 1. The molecule has 0 spiro atoms. The van der Waals surface area contributed by atoms with Crippen LogP contribution < -0.4 is 5.73 Å². The van der Waals surface area contributed by atoms with Gasteiger partial charge < -0.3 is 10.8 Å². The number of rotatable bonds is 2. The third-order valence-electron chi connectivity index (χ3n) is 2.31. The van der Waals surface area contributed by atoms with E-state index in [1.807, 2.05) is 18.2 Å². The summed E-state index contributed by atoms with van der Waals surface area (Å²) in [5, 5.41) is 9.19. The van der Waals surface area contributed by atoms with Crippen LogP contribution in [0.15, 0.2) is 42.7 Å². The van der Waals surface area contributed by atoms with E-state index in [2.05, 4.69) is 4.98 Å². The van der Waals surface area contributed by atoms with Crippen LogP contribution in [0, 0.1) is 0 Å². The van der Waals surface area contributed by atoms with Crippen molar-refractivity contribution in [3.63, 3.8) is 0 Å². The maximum Gasteiger partial charge on any atom is 0.115 e. The van der Waals surface area contributed by atoms with Gasteiger partial charge in [0.15, 0.2) is 0 Å². The highest BCUT2D eigenvalue weighted by atomic mass is 16.3. The van der Waals surface area contributed by atoms with E-state index >= 15 is 0 Å². The average Bonchev–Trinajstić information content (AvgIpc) is 2.30. The lowest BCUT2D eigenvalue weighted by Gasteiger charge is -2.06. The predicted octanol–water partition coefficient (Wildman–Crippen LogP) is 1.91. The van der Waals surface area contributed by atoms with Gasteiger partial charge in [-0.25, -0.2) is 0 Å². The summed E-state index contributed by atoms with van der Waals surface area (Å²) in [6, 6.07) is 8.92. The summed E-state index contributed by atoms with van der Waals surface area (Å²) >= 11 is 0. The molecular weight excluding hydrogens is 188 g/mol. The minimum atomic E-state index is 0.261. The van der Waals surface area contributed by atoms with E-state index in [-0.39, 0.29) is 5.75 Å². The Morgan fingerprint density at radius 3 is 2.53 bits per heavy atom. The van der Waals surface area contributed by atoms with Gasteiger partial charge in [0.1, 0.15) is 5.75 Å². The van der Waals surface area contributed by atoms with Gasteiger partial charge >= 0.3 is 0 Å². The second kappa shape index (κ2) is 4.11. The summed E-state index contributed by atoms with van der Waals surface area (Å²) < 4.78 is 0. The summed E-state index contributed by atoms with van der Waals surface area (Å²) in [7, 11) is 0. The normalized spacial score (nSPS) is 10.2. The smallest absolute Gasteiger partial charge is 0.115 e. The van der Waals surface area contributed by atoms with Crippen LogP contribution in [0.25, 0.3) is 11.1 Å². The number of phenolic OH excluding ortho intramolecular Hbond substituents is 1. The highest BCUT2D eigenvalue weighted by Crippen LogP contribution is 2.24. The van der Waals surface area contributed by atoms with Crippen LogP contribution in [0.1, 0.15) is 5.56 Å². The lowest BCUT2D eigenvalue weighted by molar-refractivity contribution is 0.475. The molecule has 0 aliphatic carbocycles. The molecule has 0 aliphatic heterocycles. The zero-order chi connectivity index (χ0) is 10.7. The molecule has 3 heteroatoms. The van der Waals surface area contributed by atoms with E-state index in [0.29, 0.717) is 6.54 Å². The Labute approximate surface area is 88.2 Å². The standard InChI is InChI=1S/C12H12N2O/c13-7-10-5-6-14-8-12(10)9-1-3-11(15)4-2-9/h1-6,8,15H,7,13H2. The van der Waals surface area contributed by atoms with Gasteiger partial charge in [-0.15, -0.1) is 0 Å². The Morgan fingerprint density at radius 1 is 1.13 bits per heavy atom. The first-order chi connectivity index (χ1) is 7.31. The Balaban J connectivity index is 2.49. The van der Waals surface area contributed by atoms with Gasteiger partial charge in [0.25, 0.3) is 0 Å². The van der Waals surface area contributed by atoms with Crippen LogP contribution in [0.4, 0.5) is 0 Å². The van der Waals surface area contributed by atoms with E-state index in [9.17, 15) is 5.11 Å². The Kier molecular flexibility index (Phi) is 2.65. The number of nitrogens with two attached hydrogens (primary N) is 1. The van der Waals surface area contributed by atoms with Crippen molar-refractivity contribution in [3.05, 3.63) is 48.3 Å². The van der Waals surface area contributed by atoms with Crippen molar-refractivity contribution in [2.24, 2.45) is 5.73 Å². The molecule has 3 N–H and O–H groups in total. The first-order valence-electron chi connectivity index (χ1n) is 4.73. The van der Waals surface area contributed by atoms with Gasteiger partial charge in [-0.1, -0.05) is 12.1 Å². The van der Waals surface area contributed by atoms with Gasteiger partial charge in [-0.2, -0.15) is 0 Å². The molecular formula is C12H12N2O. The highest BCUT2D eigenvalue weighted by molar-refractivity contribution is 5.66. The Bertz CT molecular complexity index is 451. The fourth-order valence-electron chi connectivity index (χ4n) is 1.50. The van der Waals surface area contributed by atoms with E-state index in [0.717, 1.165) is 16.7 Å². The van der Waals surface area contributed by atoms with Crippen molar-refractivity contribution >= 4 is 0 Å². The van der Waals surface area contributed by atoms with Crippen LogP contribution >= 0.6 is 0 Å². The number of hydrogen-bond acceptors (Lipinski definition) is 3. The summed E-state index contributed by atoms with van der Waals surface area (Å²) in [6.07, 6.45) is 3.51. The second-order valence-electron chi connectivity index (χ2n) is 3.28. The van der Waals surface area contributed by atoms with Gasteiger partial charge in [-0.3, -0.25) is 4.98 Å². The summed E-state index contributed by atoms with van der Waals surface area (Å²) in [5.41, 5.74) is 8.72. The number of benzene rings is 1. The molecule has 0 atom stereocenters. The number of aromatic nitrogens is 1. The number of nitrogens with zero attached hydrogens (tertiary/aromatic N) is 1. The lowest BCUT2D eigenvalue weighted by atomic mass is 10.0. The fraction of sp³-hybridized carbons (Fsp3) is 0.0833. The van der Waals surface area contributed by atoms with Crippen LogP contribution in [0.2, 0.25) is 0 Å². The SMILES string of the molecule is NCc1ccncc1-c1ccc(O)cc1. The molecule has 15 heavy (non-hydrogen) atoms. The molecule has 0 amide bonds. The lowest BCUT2D eigenvalue weighted by Crippen LogP contribution is -1.99. The van der Waals surface area contributed by atoms with Crippen molar-refractivity contribution < 1.29 is 5.11 Å². The molecule has 2 rings (SSSR count). The van der Waals surface area contributed by atoms with E-state index in [1.165, 1.54) is 0 Å². The first kappa shape index (κ1) is 9.68. The largest absolute Gasteiger partial charge is 0.508 e. The van der Waals surface area contributed by atoms with Gasteiger partial charge in [0.2, 0.25) is 0 Å². The minimum Gasteiger partial charge on any atom is -0.508 e. The third kappa shape index (κ3) is 1.97. The molecule has 0 bridgehead atoms. The zero-order valence-electron chi connectivity index (χ0n) is 8.22. The summed E-state index contributed by atoms with van der Waals surface area (Å²) in [5.74, 6) is 0.261. The molecule has 0 saturated carbocycles. The van der Waals surface area contributed by atoms with E-state index < -0.39 is 0 Å². The molecule has 0 unspecified atom stereocenters. The molecule has 1 aromatic heterocycles. The molecule has 1 aromatic carbocycles. The predicted molar refractivity (Wildman–Crippen MR) is 59.2 cm³/mol. The van der Waals surface area contributed by atoms with Crippen molar-refractivity contribution in [2.75, 3.05) is 0 Å². The molecule has 1 heterocycles. The van der Waals surface area contributed by atoms with E-state index in [4.69, 9.17) is 5.73 Å². The number of hydrogen-bond donors (Lipinski definition) is 2. The van der Waals surface area contributed by atoms with Gasteiger partial charge in [0.05, 0.1) is 0 Å². The van der Waals surface area contributed by atoms with Crippen LogP contribution in [0.3, 0.4) is 0 Å². The maximum absolute atomic E-state index is 9.19. The monoisotopic (exact) mass is 200 g/mol. The summed E-state index contributed by atoms with van der Waals surface area (Å²) in [6.45, 7) is 0.485. The molecule has 2 aromatic rings. The molecule has 3 nitrogen and oxygen atoms in total. The minimum absolute atomic E-state index is 0.261. The zero-order valence-corrected chi connectivity index (χ0v) is 8.22. The molecule has 76 valence electrons. The Morgan fingerprint density at radius 2 is 1.87 bits per heavy atom. The molecule has 0 fully saturated rings. The van der Waals surface area contributed by atoms with Crippen LogP contribution in [-0.2, 0) is 6.54 Å². The Hall–Kier alpha value is -1.87. The van der Waals surface area contributed by atoms with Crippen molar-refractivity contribution in [1.29, 1.82) is 0 Å². The quantitative estimate of drug-likeness (QED) is 0.778. The van der Waals surface area contributed by atoms with Crippen molar-refractivity contribution in [1.82, 2.24) is 4.98 Å². The second-order valence-corrected chi connectivity index (χ2v) is 3.28. The first-order valence-corrected chi connectivity index (χ1v) is 4.73. The average molecular weight is 200 g/mol. The topological polar surface area (TPSA) is 59.1 Å². The van der Waals surface area contributed by atoms with Gasteiger partial charge in [-0.05, 0) is 29.3 Å². The number of phenols is 1. The fourth-order valence-corrected chi connectivity index (χ4v) is 1.50. The van der Waals surface area contributed by atoms with Crippen molar-refractivity contribution in [2.45, 2.75) is 6.54 Å². The van der Waals surface area contributed by atoms with Gasteiger partial charge in [0, 0.05) is 24.5 Å². The third-order valence-corrected chi connectivity index (χ3v) is 2.31. The van der Waals surface area contributed by atoms with E-state index in [1.54, 1.807) is 24.5 Å². The maximum atomic E-state index is 9.19. The van der Waals surface area contributed by atoms with Crippen molar-refractivity contribution in [3.8, 4) is 16.9 Å². The number of pyridine rings is 1. The summed E-state index contributed by atoms with van der Waals surface area (Å²) in [4.78, 5) is 4.07. The van der Waals surface area contributed by atoms with Crippen LogP contribution in [-0.4, -0.2) is 10.1 Å². The molecule has 0 radical (unpaired) electrons. The molecule has 0 saturated heterocycles. The molecule has 0 aliphatic rings. The van der Waals surface area contributed by atoms with Crippen LogP contribution in [0.5, 0.6) is 5.75 Å².